The molecule has 0 aliphatic carbocycles. The Morgan fingerprint density at radius 3 is 2.60 bits per heavy atom. The molecule has 0 spiro atoms. The fourth-order valence-electron chi connectivity index (χ4n) is 1.54. The number of guanidine groups is 1. The molecule has 0 saturated heterocycles. The molecule has 0 aliphatic rings. The van der Waals surface area contributed by atoms with Crippen molar-refractivity contribution in [2.45, 2.75) is 47.2 Å². The lowest BCUT2D eigenvalue weighted by Crippen LogP contribution is -2.44. The Labute approximate surface area is 139 Å². The van der Waals surface area contributed by atoms with Crippen LogP contribution in [0.4, 0.5) is 0 Å². The molecular weight excluding hydrogens is 363 g/mol. The standard InChI is InChI=1S/C15H26N4.HI/c1-6-16-15(19-13(5)11(2)3)18-10-14-12(4)8-7-9-17-14;/h7-9,11,13H,6,10H2,1-5H3,(H2,16,18,19);1H. The van der Waals surface area contributed by atoms with E-state index in [-0.39, 0.29) is 24.0 Å². The highest BCUT2D eigenvalue weighted by Gasteiger charge is 2.08. The van der Waals surface area contributed by atoms with Crippen molar-refractivity contribution < 1.29 is 0 Å². The van der Waals surface area contributed by atoms with Gasteiger partial charge in [-0.15, -0.1) is 24.0 Å². The Balaban J connectivity index is 0.00000361. The van der Waals surface area contributed by atoms with E-state index in [0.29, 0.717) is 18.5 Å². The summed E-state index contributed by atoms with van der Waals surface area (Å²) in [4.78, 5) is 8.96. The maximum atomic E-state index is 4.60. The van der Waals surface area contributed by atoms with Crippen LogP contribution in [-0.4, -0.2) is 23.5 Å². The average molecular weight is 390 g/mol. The molecule has 1 aromatic rings. The van der Waals surface area contributed by atoms with Gasteiger partial charge < -0.3 is 10.6 Å². The van der Waals surface area contributed by atoms with Crippen LogP contribution in [0.15, 0.2) is 23.3 Å². The van der Waals surface area contributed by atoms with E-state index in [1.165, 1.54) is 5.56 Å². The van der Waals surface area contributed by atoms with Gasteiger partial charge in [0.05, 0.1) is 12.2 Å². The van der Waals surface area contributed by atoms with Crippen molar-refractivity contribution >= 4 is 29.9 Å². The van der Waals surface area contributed by atoms with E-state index in [1.54, 1.807) is 0 Å². The third-order valence-electron chi connectivity index (χ3n) is 3.21. The zero-order chi connectivity index (χ0) is 14.3. The minimum atomic E-state index is 0. The number of nitrogens with zero attached hydrogens (tertiary/aromatic N) is 2. The number of aromatic nitrogens is 1. The maximum absolute atomic E-state index is 4.60. The largest absolute Gasteiger partial charge is 0.357 e. The van der Waals surface area contributed by atoms with Crippen molar-refractivity contribution in [3.8, 4) is 0 Å². The Morgan fingerprint density at radius 2 is 2.05 bits per heavy atom. The van der Waals surface area contributed by atoms with E-state index < -0.39 is 0 Å². The second kappa shape index (κ2) is 9.96. The highest BCUT2D eigenvalue weighted by molar-refractivity contribution is 14.0. The smallest absolute Gasteiger partial charge is 0.191 e. The third-order valence-corrected chi connectivity index (χ3v) is 3.21. The lowest BCUT2D eigenvalue weighted by Gasteiger charge is -2.20. The number of pyridine rings is 1. The average Bonchev–Trinajstić information content (AvgIpc) is 2.37. The normalized spacial score (nSPS) is 12.8. The number of halogens is 1. The van der Waals surface area contributed by atoms with Crippen LogP contribution in [0.25, 0.3) is 0 Å². The van der Waals surface area contributed by atoms with Gasteiger partial charge in [0.1, 0.15) is 0 Å². The number of rotatable bonds is 5. The monoisotopic (exact) mass is 390 g/mol. The Morgan fingerprint density at radius 1 is 1.35 bits per heavy atom. The van der Waals surface area contributed by atoms with Crippen LogP contribution in [0.1, 0.15) is 39.0 Å². The summed E-state index contributed by atoms with van der Waals surface area (Å²) in [5.41, 5.74) is 2.20. The first kappa shape index (κ1) is 19.1. The molecule has 114 valence electrons. The van der Waals surface area contributed by atoms with Crippen LogP contribution in [0.3, 0.4) is 0 Å². The first-order valence-electron chi connectivity index (χ1n) is 7.00. The van der Waals surface area contributed by atoms with Crippen LogP contribution >= 0.6 is 24.0 Å². The lowest BCUT2D eigenvalue weighted by molar-refractivity contribution is 0.481. The molecule has 20 heavy (non-hydrogen) atoms. The van der Waals surface area contributed by atoms with Crippen molar-refractivity contribution in [3.63, 3.8) is 0 Å². The molecule has 0 fully saturated rings. The molecule has 0 saturated carbocycles. The number of aryl methyl sites for hydroxylation is 1. The van der Waals surface area contributed by atoms with Crippen molar-refractivity contribution in [3.05, 3.63) is 29.6 Å². The van der Waals surface area contributed by atoms with Gasteiger partial charge in [0.2, 0.25) is 0 Å². The van der Waals surface area contributed by atoms with Gasteiger partial charge in [0, 0.05) is 18.8 Å². The quantitative estimate of drug-likeness (QED) is 0.462. The van der Waals surface area contributed by atoms with E-state index in [1.807, 2.05) is 12.3 Å². The van der Waals surface area contributed by atoms with Crippen molar-refractivity contribution in [1.82, 2.24) is 15.6 Å². The van der Waals surface area contributed by atoms with Gasteiger partial charge in [-0.05, 0) is 38.3 Å². The number of hydrogen-bond acceptors (Lipinski definition) is 2. The first-order chi connectivity index (χ1) is 9.04. The van der Waals surface area contributed by atoms with E-state index in [2.05, 4.69) is 61.3 Å². The third kappa shape index (κ3) is 6.54. The Kier molecular flexibility index (Phi) is 9.54. The van der Waals surface area contributed by atoms with E-state index >= 15 is 0 Å². The zero-order valence-corrected chi connectivity index (χ0v) is 15.4. The summed E-state index contributed by atoms with van der Waals surface area (Å²) in [6, 6.07) is 4.41. The molecule has 0 aliphatic heterocycles. The fraction of sp³-hybridized carbons (Fsp3) is 0.600. The molecule has 1 atom stereocenters. The summed E-state index contributed by atoms with van der Waals surface area (Å²) in [6.45, 7) is 12.2. The molecule has 4 nitrogen and oxygen atoms in total. The summed E-state index contributed by atoms with van der Waals surface area (Å²) < 4.78 is 0. The Bertz CT molecular complexity index is 418. The topological polar surface area (TPSA) is 49.3 Å². The zero-order valence-electron chi connectivity index (χ0n) is 13.1. The van der Waals surface area contributed by atoms with Gasteiger partial charge in [-0.2, -0.15) is 0 Å². The molecule has 1 heterocycles. The SMILES string of the molecule is CCNC(=NCc1ncccc1C)NC(C)C(C)C.I. The molecule has 0 radical (unpaired) electrons. The number of nitrogens with one attached hydrogen (secondary N) is 2. The molecule has 0 aromatic carbocycles. The van der Waals surface area contributed by atoms with Crippen LogP contribution in [-0.2, 0) is 6.54 Å². The predicted molar refractivity (Wildman–Crippen MR) is 96.6 cm³/mol. The molecule has 1 aromatic heterocycles. The van der Waals surface area contributed by atoms with Gasteiger partial charge in [-0.25, -0.2) is 4.99 Å². The van der Waals surface area contributed by atoms with Crippen LogP contribution < -0.4 is 10.6 Å². The van der Waals surface area contributed by atoms with Gasteiger partial charge in [-0.1, -0.05) is 19.9 Å². The van der Waals surface area contributed by atoms with Crippen molar-refractivity contribution in [1.29, 1.82) is 0 Å². The van der Waals surface area contributed by atoms with Crippen LogP contribution in [0.5, 0.6) is 0 Å². The van der Waals surface area contributed by atoms with Gasteiger partial charge in [0.15, 0.2) is 5.96 Å². The molecule has 0 bridgehead atoms. The van der Waals surface area contributed by atoms with Gasteiger partial charge in [0.25, 0.3) is 0 Å². The fourth-order valence-corrected chi connectivity index (χ4v) is 1.54. The lowest BCUT2D eigenvalue weighted by atomic mass is 10.1. The summed E-state index contributed by atoms with van der Waals surface area (Å²) in [7, 11) is 0. The highest BCUT2D eigenvalue weighted by atomic mass is 127. The highest BCUT2D eigenvalue weighted by Crippen LogP contribution is 2.05. The predicted octanol–water partition coefficient (Wildman–Crippen LogP) is 3.11. The first-order valence-corrected chi connectivity index (χ1v) is 7.00. The molecule has 1 unspecified atom stereocenters. The second-order valence-electron chi connectivity index (χ2n) is 5.14. The van der Waals surface area contributed by atoms with Crippen molar-refractivity contribution in [2.75, 3.05) is 6.54 Å². The second-order valence-corrected chi connectivity index (χ2v) is 5.14. The molecule has 2 N–H and O–H groups in total. The van der Waals surface area contributed by atoms with E-state index in [4.69, 9.17) is 0 Å². The van der Waals surface area contributed by atoms with Gasteiger partial charge in [-0.3, -0.25) is 4.98 Å². The van der Waals surface area contributed by atoms with Crippen LogP contribution in [0, 0.1) is 12.8 Å². The Hall–Kier alpha value is -0.850. The van der Waals surface area contributed by atoms with Gasteiger partial charge >= 0.3 is 0 Å². The minimum Gasteiger partial charge on any atom is -0.357 e. The molecular formula is C15H27IN4. The molecule has 1 rings (SSSR count). The minimum absolute atomic E-state index is 0. The maximum Gasteiger partial charge on any atom is 0.191 e. The molecule has 0 amide bonds. The van der Waals surface area contributed by atoms with E-state index in [9.17, 15) is 0 Å². The molecule has 5 heteroatoms. The summed E-state index contributed by atoms with van der Waals surface area (Å²) in [5.74, 6) is 1.43. The van der Waals surface area contributed by atoms with E-state index in [0.717, 1.165) is 18.2 Å². The summed E-state index contributed by atoms with van der Waals surface area (Å²) in [6.07, 6.45) is 1.81. The summed E-state index contributed by atoms with van der Waals surface area (Å²) >= 11 is 0. The number of hydrogen-bond donors (Lipinski definition) is 2. The van der Waals surface area contributed by atoms with Crippen LogP contribution in [0.2, 0.25) is 0 Å². The van der Waals surface area contributed by atoms with Crippen molar-refractivity contribution in [2.24, 2.45) is 10.9 Å². The summed E-state index contributed by atoms with van der Waals surface area (Å²) in [5, 5.41) is 6.69. The number of aliphatic imine (C=N–C) groups is 1.